The molecule has 0 aliphatic carbocycles. The predicted molar refractivity (Wildman–Crippen MR) is 66.0 cm³/mol. The lowest BCUT2D eigenvalue weighted by Gasteiger charge is -2.25. The van der Waals surface area contributed by atoms with Gasteiger partial charge in [-0.05, 0) is 13.0 Å². The second kappa shape index (κ2) is 4.65. The number of aromatic nitrogens is 2. The molecular formula is C11H19N5. The smallest absolute Gasteiger partial charge is 0.134 e. The number of anilines is 2. The fraction of sp³-hybridized carbons (Fsp3) is 0.636. The van der Waals surface area contributed by atoms with Crippen LogP contribution in [0.1, 0.15) is 6.42 Å². The molecule has 1 atom stereocenters. The van der Waals surface area contributed by atoms with Gasteiger partial charge < -0.3 is 15.1 Å². The molecule has 1 aromatic rings. The summed E-state index contributed by atoms with van der Waals surface area (Å²) in [5.41, 5.74) is 0. The maximum Gasteiger partial charge on any atom is 0.134 e. The summed E-state index contributed by atoms with van der Waals surface area (Å²) in [5.74, 6) is 1.94. The zero-order valence-corrected chi connectivity index (χ0v) is 10.1. The molecule has 0 saturated carbocycles. The van der Waals surface area contributed by atoms with Gasteiger partial charge in [0.25, 0.3) is 0 Å². The Kier molecular flexibility index (Phi) is 3.24. The van der Waals surface area contributed by atoms with Gasteiger partial charge in [-0.3, -0.25) is 0 Å². The Morgan fingerprint density at radius 2 is 2.00 bits per heavy atom. The van der Waals surface area contributed by atoms with E-state index in [9.17, 15) is 0 Å². The van der Waals surface area contributed by atoms with Crippen LogP contribution in [0.15, 0.2) is 12.4 Å². The molecule has 2 heterocycles. The molecular weight excluding hydrogens is 202 g/mol. The summed E-state index contributed by atoms with van der Waals surface area (Å²) in [6.07, 6.45) is 2.81. The van der Waals surface area contributed by atoms with E-state index >= 15 is 0 Å². The van der Waals surface area contributed by atoms with E-state index in [2.05, 4.69) is 27.2 Å². The monoisotopic (exact) mass is 221 g/mol. The standard InChI is InChI=1S/C11H19N5/c1-15(2)10-6-11(14-8-13-10)16(3)9-4-5-12-7-9/h6,8-9,12H,4-5,7H2,1-3H3. The highest BCUT2D eigenvalue weighted by Gasteiger charge is 2.20. The average molecular weight is 221 g/mol. The molecule has 1 unspecified atom stereocenters. The van der Waals surface area contributed by atoms with Crippen LogP contribution < -0.4 is 15.1 Å². The number of likely N-dealkylation sites (N-methyl/N-ethyl adjacent to an activating group) is 1. The Bertz CT molecular complexity index is 346. The van der Waals surface area contributed by atoms with Gasteiger partial charge >= 0.3 is 0 Å². The second-order valence-electron chi connectivity index (χ2n) is 4.39. The number of rotatable bonds is 3. The summed E-state index contributed by atoms with van der Waals surface area (Å²) in [4.78, 5) is 12.8. The topological polar surface area (TPSA) is 44.3 Å². The van der Waals surface area contributed by atoms with Crippen molar-refractivity contribution in [1.29, 1.82) is 0 Å². The molecule has 88 valence electrons. The van der Waals surface area contributed by atoms with Crippen molar-refractivity contribution in [2.24, 2.45) is 0 Å². The summed E-state index contributed by atoms with van der Waals surface area (Å²) in [5, 5.41) is 3.36. The highest BCUT2D eigenvalue weighted by atomic mass is 15.2. The summed E-state index contributed by atoms with van der Waals surface area (Å²) in [6, 6.07) is 2.57. The lowest BCUT2D eigenvalue weighted by Crippen LogP contribution is -2.34. The van der Waals surface area contributed by atoms with Crippen LogP contribution in [-0.2, 0) is 0 Å². The van der Waals surface area contributed by atoms with E-state index < -0.39 is 0 Å². The molecule has 0 amide bonds. The molecule has 1 fully saturated rings. The minimum atomic E-state index is 0.546. The lowest BCUT2D eigenvalue weighted by atomic mass is 10.2. The third-order valence-corrected chi connectivity index (χ3v) is 3.04. The van der Waals surface area contributed by atoms with Crippen LogP contribution in [0, 0.1) is 0 Å². The van der Waals surface area contributed by atoms with Gasteiger partial charge in [0.15, 0.2) is 0 Å². The molecule has 5 heteroatoms. The molecule has 5 nitrogen and oxygen atoms in total. The molecule has 1 saturated heterocycles. The normalized spacial score (nSPS) is 19.8. The van der Waals surface area contributed by atoms with Crippen LogP contribution in [0.3, 0.4) is 0 Å². The minimum Gasteiger partial charge on any atom is -0.363 e. The Balaban J connectivity index is 2.15. The van der Waals surface area contributed by atoms with Crippen molar-refractivity contribution in [3.63, 3.8) is 0 Å². The quantitative estimate of drug-likeness (QED) is 0.797. The summed E-state index contributed by atoms with van der Waals surface area (Å²) in [7, 11) is 6.08. The van der Waals surface area contributed by atoms with Crippen LogP contribution in [0.25, 0.3) is 0 Å². The maximum atomic E-state index is 4.33. The Morgan fingerprint density at radius 3 is 2.62 bits per heavy atom. The van der Waals surface area contributed by atoms with Crippen LogP contribution >= 0.6 is 0 Å². The molecule has 0 spiro atoms. The van der Waals surface area contributed by atoms with Gasteiger partial charge in [-0.15, -0.1) is 0 Å². The van der Waals surface area contributed by atoms with Gasteiger partial charge in [0.05, 0.1) is 0 Å². The highest BCUT2D eigenvalue weighted by molar-refractivity contribution is 5.49. The number of hydrogen-bond acceptors (Lipinski definition) is 5. The van der Waals surface area contributed by atoms with Gasteiger partial charge in [-0.25, -0.2) is 9.97 Å². The summed E-state index contributed by atoms with van der Waals surface area (Å²) < 4.78 is 0. The third-order valence-electron chi connectivity index (χ3n) is 3.04. The first-order valence-corrected chi connectivity index (χ1v) is 5.61. The van der Waals surface area contributed by atoms with Gasteiger partial charge in [0.1, 0.15) is 18.0 Å². The molecule has 16 heavy (non-hydrogen) atoms. The van der Waals surface area contributed by atoms with Crippen molar-refractivity contribution < 1.29 is 0 Å². The largest absolute Gasteiger partial charge is 0.363 e. The van der Waals surface area contributed by atoms with Crippen LogP contribution in [0.4, 0.5) is 11.6 Å². The van der Waals surface area contributed by atoms with E-state index in [1.54, 1.807) is 6.33 Å². The fourth-order valence-corrected chi connectivity index (χ4v) is 1.93. The molecule has 1 N–H and O–H groups in total. The van der Waals surface area contributed by atoms with E-state index in [0.29, 0.717) is 6.04 Å². The SMILES string of the molecule is CN(C)c1cc(N(C)C2CCNC2)ncn1. The number of nitrogens with zero attached hydrogens (tertiary/aromatic N) is 4. The van der Waals surface area contributed by atoms with E-state index in [0.717, 1.165) is 24.7 Å². The van der Waals surface area contributed by atoms with Crippen molar-refractivity contribution in [2.75, 3.05) is 44.0 Å². The van der Waals surface area contributed by atoms with Crippen molar-refractivity contribution in [3.05, 3.63) is 12.4 Å². The van der Waals surface area contributed by atoms with Crippen molar-refractivity contribution >= 4 is 11.6 Å². The maximum absolute atomic E-state index is 4.33. The second-order valence-corrected chi connectivity index (χ2v) is 4.39. The third kappa shape index (κ3) is 2.24. The van der Waals surface area contributed by atoms with E-state index in [4.69, 9.17) is 0 Å². The first-order chi connectivity index (χ1) is 7.68. The highest BCUT2D eigenvalue weighted by Crippen LogP contribution is 2.18. The van der Waals surface area contributed by atoms with Gasteiger partial charge in [0, 0.05) is 39.8 Å². The van der Waals surface area contributed by atoms with E-state index in [-0.39, 0.29) is 0 Å². The van der Waals surface area contributed by atoms with Crippen LogP contribution in [0.5, 0.6) is 0 Å². The summed E-state index contributed by atoms with van der Waals surface area (Å²) in [6.45, 7) is 2.14. The lowest BCUT2D eigenvalue weighted by molar-refractivity contribution is 0.676. The molecule has 2 rings (SSSR count). The fourth-order valence-electron chi connectivity index (χ4n) is 1.93. The van der Waals surface area contributed by atoms with Crippen LogP contribution in [-0.4, -0.2) is 50.2 Å². The molecule has 0 radical (unpaired) electrons. The van der Waals surface area contributed by atoms with Crippen LogP contribution in [0.2, 0.25) is 0 Å². The molecule has 1 aliphatic heterocycles. The van der Waals surface area contributed by atoms with Crippen molar-refractivity contribution in [2.45, 2.75) is 12.5 Å². The number of nitrogens with one attached hydrogen (secondary N) is 1. The Hall–Kier alpha value is -1.36. The van der Waals surface area contributed by atoms with Crippen molar-refractivity contribution in [3.8, 4) is 0 Å². The first-order valence-electron chi connectivity index (χ1n) is 5.61. The molecule has 0 bridgehead atoms. The first kappa shape index (κ1) is 11.1. The van der Waals surface area contributed by atoms with Crippen molar-refractivity contribution in [1.82, 2.24) is 15.3 Å². The zero-order chi connectivity index (χ0) is 11.5. The average Bonchev–Trinajstić information content (AvgIpc) is 2.81. The van der Waals surface area contributed by atoms with Gasteiger partial charge in [-0.2, -0.15) is 0 Å². The molecule has 0 aromatic carbocycles. The molecule has 1 aliphatic rings. The zero-order valence-electron chi connectivity index (χ0n) is 10.1. The Labute approximate surface area is 96.5 Å². The van der Waals surface area contributed by atoms with Gasteiger partial charge in [0.2, 0.25) is 0 Å². The van der Waals surface area contributed by atoms with E-state index in [1.165, 1.54) is 6.42 Å². The van der Waals surface area contributed by atoms with Gasteiger partial charge in [-0.1, -0.05) is 0 Å². The Morgan fingerprint density at radius 1 is 1.25 bits per heavy atom. The predicted octanol–water partition coefficient (Wildman–Crippen LogP) is 0.341. The summed E-state index contributed by atoms with van der Waals surface area (Å²) >= 11 is 0. The van der Waals surface area contributed by atoms with E-state index in [1.807, 2.05) is 25.1 Å². The molecule has 1 aromatic heterocycles. The number of hydrogen-bond donors (Lipinski definition) is 1. The minimum absolute atomic E-state index is 0.546.